The Morgan fingerprint density at radius 3 is 2.30 bits per heavy atom. The Kier molecular flexibility index (Phi) is 6.84. The Morgan fingerprint density at radius 1 is 0.970 bits per heavy atom. The number of benzene rings is 3. The first-order valence-electron chi connectivity index (χ1n) is 11.2. The van der Waals surface area contributed by atoms with Gasteiger partial charge in [0.05, 0.1) is 22.3 Å². The van der Waals surface area contributed by atoms with Gasteiger partial charge in [-0.15, -0.1) is 0 Å². The summed E-state index contributed by atoms with van der Waals surface area (Å²) >= 11 is 0. The summed E-state index contributed by atoms with van der Waals surface area (Å²) in [7, 11) is 1.58. The number of fused-ring (bicyclic) bond motifs is 1. The van der Waals surface area contributed by atoms with Crippen LogP contribution in [0.3, 0.4) is 0 Å². The smallest absolute Gasteiger partial charge is 0.248 e. The molecule has 3 aromatic carbocycles. The minimum atomic E-state index is -0.375. The van der Waals surface area contributed by atoms with Crippen molar-refractivity contribution in [2.75, 3.05) is 18.7 Å². The third kappa shape index (κ3) is 4.39. The average Bonchev–Trinajstić information content (AvgIpc) is 3.20. The van der Waals surface area contributed by atoms with Crippen LogP contribution >= 0.6 is 0 Å². The van der Waals surface area contributed by atoms with Gasteiger partial charge in [-0.1, -0.05) is 56.3 Å². The predicted octanol–water partition coefficient (Wildman–Crippen LogP) is 5.60. The number of anilines is 1. The Bertz CT molecular complexity index is 1260. The summed E-state index contributed by atoms with van der Waals surface area (Å²) in [6, 6.07) is 20.2. The third-order valence-electron chi connectivity index (χ3n) is 5.86. The van der Waals surface area contributed by atoms with Crippen molar-refractivity contribution >= 4 is 22.6 Å². The van der Waals surface area contributed by atoms with Gasteiger partial charge in [0.25, 0.3) is 0 Å². The molecule has 33 heavy (non-hydrogen) atoms. The van der Waals surface area contributed by atoms with Crippen LogP contribution in [0, 0.1) is 5.82 Å². The molecule has 6 heteroatoms. The summed E-state index contributed by atoms with van der Waals surface area (Å²) in [5, 5.41) is 0. The van der Waals surface area contributed by atoms with E-state index in [0.717, 1.165) is 35.2 Å². The number of carbonyl (C=O) groups excluding carboxylic acids is 1. The SMILES string of the molecule is CCc1cccc(CC)c1N(COC)C(=O)Cn1c(-c2ccccc2F)nc2ccccc21. The molecule has 0 aliphatic heterocycles. The Hall–Kier alpha value is -3.51. The Balaban J connectivity index is 1.82. The first-order chi connectivity index (χ1) is 16.1. The highest BCUT2D eigenvalue weighted by molar-refractivity contribution is 5.96. The van der Waals surface area contributed by atoms with E-state index in [2.05, 4.69) is 18.8 Å². The molecule has 0 saturated heterocycles. The van der Waals surface area contributed by atoms with Gasteiger partial charge in [-0.05, 0) is 48.2 Å². The van der Waals surface area contributed by atoms with Crippen molar-refractivity contribution in [2.24, 2.45) is 0 Å². The van der Waals surface area contributed by atoms with Crippen LogP contribution in [0.15, 0.2) is 66.7 Å². The van der Waals surface area contributed by atoms with E-state index in [9.17, 15) is 9.18 Å². The summed E-state index contributed by atoms with van der Waals surface area (Å²) in [5.74, 6) is -0.0902. The standard InChI is InChI=1S/C27H28FN3O2/c1-4-19-11-10-12-20(5-2)26(19)31(18-33-3)25(32)17-30-24-16-9-8-15-23(24)29-27(30)21-13-6-7-14-22(21)28/h6-16H,4-5,17-18H2,1-3H3. The molecule has 1 aromatic heterocycles. The van der Waals surface area contributed by atoms with E-state index in [1.165, 1.54) is 6.07 Å². The quantitative estimate of drug-likeness (QED) is 0.332. The second kappa shape index (κ2) is 9.96. The molecule has 0 atom stereocenters. The van der Waals surface area contributed by atoms with Crippen molar-refractivity contribution in [3.8, 4) is 11.4 Å². The van der Waals surface area contributed by atoms with Crippen LogP contribution in [0.5, 0.6) is 0 Å². The lowest BCUT2D eigenvalue weighted by atomic mass is 10.0. The van der Waals surface area contributed by atoms with Crippen LogP contribution in [0.4, 0.5) is 10.1 Å². The molecular weight excluding hydrogens is 417 g/mol. The summed E-state index contributed by atoms with van der Waals surface area (Å²) in [5.41, 5.74) is 4.93. The topological polar surface area (TPSA) is 47.4 Å². The molecule has 0 spiro atoms. The molecule has 1 heterocycles. The maximum absolute atomic E-state index is 14.7. The number of para-hydroxylation sites is 3. The fraction of sp³-hybridized carbons (Fsp3) is 0.259. The zero-order chi connectivity index (χ0) is 23.4. The summed E-state index contributed by atoms with van der Waals surface area (Å²) in [6.07, 6.45) is 1.59. The zero-order valence-corrected chi connectivity index (χ0v) is 19.2. The summed E-state index contributed by atoms with van der Waals surface area (Å²) in [6.45, 7) is 4.29. The maximum Gasteiger partial charge on any atom is 0.248 e. The number of halogens is 1. The van der Waals surface area contributed by atoms with Gasteiger partial charge in [-0.3, -0.25) is 9.69 Å². The maximum atomic E-state index is 14.7. The molecule has 5 nitrogen and oxygen atoms in total. The van der Waals surface area contributed by atoms with Crippen molar-refractivity contribution in [3.05, 3.63) is 83.7 Å². The van der Waals surface area contributed by atoms with Crippen molar-refractivity contribution in [1.29, 1.82) is 0 Å². The van der Waals surface area contributed by atoms with Crippen LogP contribution in [-0.4, -0.2) is 29.3 Å². The van der Waals surface area contributed by atoms with E-state index < -0.39 is 0 Å². The number of amides is 1. The summed E-state index contributed by atoms with van der Waals surface area (Å²) < 4.78 is 21.9. The number of hydrogen-bond acceptors (Lipinski definition) is 3. The molecule has 0 bridgehead atoms. The lowest BCUT2D eigenvalue weighted by molar-refractivity contribution is -0.120. The van der Waals surface area contributed by atoms with E-state index in [1.807, 2.05) is 42.5 Å². The van der Waals surface area contributed by atoms with E-state index >= 15 is 0 Å². The van der Waals surface area contributed by atoms with Gasteiger partial charge >= 0.3 is 0 Å². The fourth-order valence-corrected chi connectivity index (χ4v) is 4.26. The highest BCUT2D eigenvalue weighted by Gasteiger charge is 2.24. The highest BCUT2D eigenvalue weighted by atomic mass is 19.1. The van der Waals surface area contributed by atoms with Crippen LogP contribution in [0.1, 0.15) is 25.0 Å². The molecule has 0 saturated carbocycles. The molecule has 170 valence electrons. The normalized spacial score (nSPS) is 11.2. The second-order valence-electron chi connectivity index (χ2n) is 7.86. The molecule has 0 fully saturated rings. The number of ether oxygens (including phenoxy) is 1. The lowest BCUT2D eigenvalue weighted by Gasteiger charge is -2.27. The minimum absolute atomic E-state index is 0.00867. The zero-order valence-electron chi connectivity index (χ0n) is 19.2. The monoisotopic (exact) mass is 445 g/mol. The van der Waals surface area contributed by atoms with Crippen molar-refractivity contribution in [1.82, 2.24) is 9.55 Å². The van der Waals surface area contributed by atoms with E-state index in [4.69, 9.17) is 4.74 Å². The van der Waals surface area contributed by atoms with Crippen LogP contribution in [0.2, 0.25) is 0 Å². The van der Waals surface area contributed by atoms with Crippen LogP contribution < -0.4 is 4.90 Å². The molecule has 0 unspecified atom stereocenters. The third-order valence-corrected chi connectivity index (χ3v) is 5.86. The number of methoxy groups -OCH3 is 1. The van der Waals surface area contributed by atoms with Gasteiger partial charge in [0.1, 0.15) is 24.9 Å². The molecule has 4 aromatic rings. The fourth-order valence-electron chi connectivity index (χ4n) is 4.26. The van der Waals surface area contributed by atoms with Gasteiger partial charge in [0.2, 0.25) is 5.91 Å². The van der Waals surface area contributed by atoms with Gasteiger partial charge in [0, 0.05) is 7.11 Å². The highest BCUT2D eigenvalue weighted by Crippen LogP contribution is 2.30. The molecule has 0 radical (unpaired) electrons. The molecule has 0 aliphatic rings. The first kappa shape index (κ1) is 22.7. The number of rotatable bonds is 8. The van der Waals surface area contributed by atoms with E-state index in [-0.39, 0.29) is 25.0 Å². The lowest BCUT2D eigenvalue weighted by Crippen LogP contribution is -2.37. The van der Waals surface area contributed by atoms with Gasteiger partial charge in [-0.2, -0.15) is 0 Å². The molecular formula is C27H28FN3O2. The number of aromatic nitrogens is 2. The molecule has 4 rings (SSSR count). The van der Waals surface area contributed by atoms with Crippen molar-refractivity contribution in [3.63, 3.8) is 0 Å². The van der Waals surface area contributed by atoms with E-state index in [1.54, 1.807) is 34.8 Å². The van der Waals surface area contributed by atoms with Crippen LogP contribution in [-0.2, 0) is 28.9 Å². The minimum Gasteiger partial charge on any atom is -0.364 e. The Morgan fingerprint density at radius 2 is 1.64 bits per heavy atom. The molecule has 0 aliphatic carbocycles. The molecule has 1 amide bonds. The molecule has 0 N–H and O–H groups in total. The number of nitrogens with zero attached hydrogens (tertiary/aromatic N) is 3. The number of carbonyl (C=O) groups is 1. The second-order valence-corrected chi connectivity index (χ2v) is 7.86. The van der Waals surface area contributed by atoms with Gasteiger partial charge in [-0.25, -0.2) is 9.37 Å². The summed E-state index contributed by atoms with van der Waals surface area (Å²) in [4.78, 5) is 20.1. The van der Waals surface area contributed by atoms with Gasteiger partial charge < -0.3 is 9.30 Å². The average molecular weight is 446 g/mol. The Labute approximate surface area is 193 Å². The predicted molar refractivity (Wildman–Crippen MR) is 130 cm³/mol. The van der Waals surface area contributed by atoms with Crippen molar-refractivity contribution < 1.29 is 13.9 Å². The number of hydrogen-bond donors (Lipinski definition) is 0. The number of aryl methyl sites for hydroxylation is 2. The number of imidazole rings is 1. The van der Waals surface area contributed by atoms with Crippen LogP contribution in [0.25, 0.3) is 22.4 Å². The van der Waals surface area contributed by atoms with E-state index in [0.29, 0.717) is 16.9 Å². The van der Waals surface area contributed by atoms with Crippen molar-refractivity contribution in [2.45, 2.75) is 33.2 Å². The largest absolute Gasteiger partial charge is 0.364 e. The van der Waals surface area contributed by atoms with Gasteiger partial charge in [0.15, 0.2) is 0 Å². The first-order valence-corrected chi connectivity index (χ1v) is 11.2.